The van der Waals surface area contributed by atoms with Gasteiger partial charge in [-0.1, -0.05) is 12.0 Å². The topological polar surface area (TPSA) is 56.1 Å². The summed E-state index contributed by atoms with van der Waals surface area (Å²) in [5.74, 6) is 6.68. The molecule has 1 aromatic heterocycles. The van der Waals surface area contributed by atoms with E-state index in [1.165, 1.54) is 17.2 Å². The van der Waals surface area contributed by atoms with Crippen molar-refractivity contribution in [3.63, 3.8) is 0 Å². The molecular formula is C22H19F3N6. The Labute approximate surface area is 177 Å². The van der Waals surface area contributed by atoms with E-state index in [2.05, 4.69) is 32.3 Å². The Balaban J connectivity index is 1.61. The number of benzene rings is 1. The summed E-state index contributed by atoms with van der Waals surface area (Å²) >= 11 is 0. The molecule has 6 nitrogen and oxygen atoms in total. The second-order valence-electron chi connectivity index (χ2n) is 7.56. The lowest BCUT2D eigenvalue weighted by Gasteiger charge is -2.35. The van der Waals surface area contributed by atoms with Gasteiger partial charge < -0.3 is 4.90 Å². The van der Waals surface area contributed by atoms with Crippen LogP contribution in [0.5, 0.6) is 0 Å². The summed E-state index contributed by atoms with van der Waals surface area (Å²) in [4.78, 5) is 11.8. The predicted molar refractivity (Wildman–Crippen MR) is 113 cm³/mol. The lowest BCUT2D eigenvalue weighted by atomic mass is 10.1. The molecule has 1 atom stereocenters. The molecule has 0 radical (unpaired) electrons. The highest BCUT2D eigenvalue weighted by molar-refractivity contribution is 6.17. The van der Waals surface area contributed by atoms with Gasteiger partial charge in [-0.05, 0) is 50.0 Å². The van der Waals surface area contributed by atoms with Gasteiger partial charge in [0.05, 0.1) is 17.8 Å². The Morgan fingerprint density at radius 1 is 1.29 bits per heavy atom. The van der Waals surface area contributed by atoms with Gasteiger partial charge in [0.2, 0.25) is 6.29 Å². The fourth-order valence-electron chi connectivity index (χ4n) is 3.66. The quantitative estimate of drug-likeness (QED) is 0.766. The van der Waals surface area contributed by atoms with Crippen LogP contribution in [-0.2, 0) is 0 Å². The maximum atomic E-state index is 15.0. The lowest BCUT2D eigenvalue weighted by Crippen LogP contribution is -2.47. The van der Waals surface area contributed by atoms with Crippen LogP contribution in [0.2, 0.25) is 0 Å². The zero-order chi connectivity index (χ0) is 21.5. The highest BCUT2D eigenvalue weighted by atomic mass is 19.3. The van der Waals surface area contributed by atoms with Gasteiger partial charge in [-0.2, -0.15) is 5.10 Å². The predicted octanol–water partition coefficient (Wildman–Crippen LogP) is 3.54. The fraction of sp³-hybridized carbons (Fsp3) is 0.318. The average Bonchev–Trinajstić information content (AvgIpc) is 3.51. The van der Waals surface area contributed by atoms with Crippen LogP contribution in [0.4, 0.5) is 24.5 Å². The first-order valence-electron chi connectivity index (χ1n) is 10.0. The molecule has 9 heteroatoms. The number of pyridine rings is 1. The van der Waals surface area contributed by atoms with Crippen molar-refractivity contribution in [3.05, 3.63) is 53.6 Å². The number of halogens is 3. The van der Waals surface area contributed by atoms with Crippen molar-refractivity contribution in [3.8, 4) is 11.8 Å². The van der Waals surface area contributed by atoms with E-state index in [4.69, 9.17) is 0 Å². The molecule has 1 aliphatic carbocycles. The molecule has 0 saturated heterocycles. The van der Waals surface area contributed by atoms with Gasteiger partial charge in [-0.15, -0.1) is 0 Å². The molecule has 2 aromatic rings. The summed E-state index contributed by atoms with van der Waals surface area (Å²) in [6.07, 6.45) is 0.358. The van der Waals surface area contributed by atoms with E-state index in [0.29, 0.717) is 28.8 Å². The number of hydrazone groups is 1. The third-order valence-corrected chi connectivity index (χ3v) is 5.27. The number of aliphatic imine (C=N–C) groups is 1. The van der Waals surface area contributed by atoms with Crippen LogP contribution < -0.4 is 15.2 Å². The first-order valence-corrected chi connectivity index (χ1v) is 10.0. The summed E-state index contributed by atoms with van der Waals surface area (Å²) in [6.45, 7) is 1.12. The number of fused-ring (bicyclic) bond motifs is 3. The van der Waals surface area contributed by atoms with Gasteiger partial charge in [0.1, 0.15) is 23.2 Å². The van der Waals surface area contributed by atoms with Crippen molar-refractivity contribution in [2.45, 2.75) is 32.5 Å². The van der Waals surface area contributed by atoms with Crippen molar-refractivity contribution >= 4 is 23.0 Å². The maximum absolute atomic E-state index is 15.0. The fourth-order valence-corrected chi connectivity index (χ4v) is 3.66. The van der Waals surface area contributed by atoms with Crippen molar-refractivity contribution in [1.82, 2.24) is 10.4 Å². The van der Waals surface area contributed by atoms with Gasteiger partial charge in [0.25, 0.3) is 6.43 Å². The van der Waals surface area contributed by atoms with Crippen LogP contribution in [0.15, 0.2) is 46.6 Å². The molecule has 2 aliphatic heterocycles. The zero-order valence-corrected chi connectivity index (χ0v) is 16.7. The van der Waals surface area contributed by atoms with Crippen LogP contribution in [0.25, 0.3) is 0 Å². The summed E-state index contributed by atoms with van der Waals surface area (Å²) in [5.41, 5.74) is 4.44. The summed E-state index contributed by atoms with van der Waals surface area (Å²) in [7, 11) is 0. The minimum Gasteiger partial charge on any atom is -0.320 e. The van der Waals surface area contributed by atoms with E-state index in [1.807, 2.05) is 0 Å². The first kappa shape index (κ1) is 19.4. The minimum absolute atomic E-state index is 0.111. The average molecular weight is 424 g/mol. The van der Waals surface area contributed by atoms with Crippen molar-refractivity contribution < 1.29 is 13.2 Å². The monoisotopic (exact) mass is 424 g/mol. The molecule has 1 fully saturated rings. The second kappa shape index (κ2) is 7.61. The van der Waals surface area contributed by atoms with Crippen LogP contribution in [-0.4, -0.2) is 35.9 Å². The molecule has 0 bridgehead atoms. The van der Waals surface area contributed by atoms with E-state index in [0.717, 1.165) is 12.8 Å². The van der Waals surface area contributed by atoms with E-state index in [1.54, 1.807) is 36.1 Å². The number of rotatable bonds is 3. The number of anilines is 2. The smallest absolute Gasteiger partial charge is 0.256 e. The molecule has 1 aromatic carbocycles. The number of nitrogens with one attached hydrogen (secondary N) is 1. The largest absolute Gasteiger partial charge is 0.320 e. The third kappa shape index (κ3) is 3.69. The molecule has 158 valence electrons. The first-order chi connectivity index (χ1) is 15.0. The zero-order valence-electron chi connectivity index (χ0n) is 16.7. The van der Waals surface area contributed by atoms with E-state index in [9.17, 15) is 13.2 Å². The standard InChI is InChI=1S/C22H19F3N6/c1-13-28-29-22-27-21(20-17(23)3-2-4-18(20)31(13)22)30(12-19(24)25)16-9-10-26-15(11-16)8-7-14-5-6-14/h2-4,9-11,14,19,22,29H,5-6,12H2,1H3. The molecular weight excluding hydrogens is 405 g/mol. The second-order valence-corrected chi connectivity index (χ2v) is 7.56. The Hall–Kier alpha value is -3.54. The third-order valence-electron chi connectivity index (χ3n) is 5.27. The highest BCUT2D eigenvalue weighted by Crippen LogP contribution is 2.34. The maximum Gasteiger partial charge on any atom is 0.256 e. The highest BCUT2D eigenvalue weighted by Gasteiger charge is 2.37. The summed E-state index contributed by atoms with van der Waals surface area (Å²) < 4.78 is 42.2. The Kier molecular flexibility index (Phi) is 4.77. The van der Waals surface area contributed by atoms with Crippen LogP contribution in [0.1, 0.15) is 31.0 Å². The number of alkyl halides is 2. The Morgan fingerprint density at radius 3 is 2.90 bits per heavy atom. The van der Waals surface area contributed by atoms with Crippen LogP contribution >= 0.6 is 0 Å². The van der Waals surface area contributed by atoms with E-state index in [-0.39, 0.29) is 11.4 Å². The van der Waals surface area contributed by atoms with Gasteiger partial charge in [-0.25, -0.2) is 23.1 Å². The van der Waals surface area contributed by atoms with Gasteiger partial charge in [0, 0.05) is 17.8 Å². The van der Waals surface area contributed by atoms with Gasteiger partial charge in [-0.3, -0.25) is 10.3 Å². The van der Waals surface area contributed by atoms with Gasteiger partial charge in [0.15, 0.2) is 0 Å². The van der Waals surface area contributed by atoms with Gasteiger partial charge >= 0.3 is 0 Å². The number of hydrogen-bond acceptors (Lipinski definition) is 6. The summed E-state index contributed by atoms with van der Waals surface area (Å²) in [6, 6.07) is 7.84. The number of amidine groups is 2. The molecule has 1 N–H and O–H groups in total. The van der Waals surface area contributed by atoms with Crippen LogP contribution in [0, 0.1) is 23.6 Å². The number of hydrogen-bond donors (Lipinski definition) is 1. The molecule has 0 spiro atoms. The number of aromatic nitrogens is 1. The van der Waals surface area contributed by atoms with Crippen LogP contribution in [0.3, 0.4) is 0 Å². The summed E-state index contributed by atoms with van der Waals surface area (Å²) in [5, 5.41) is 4.17. The molecule has 3 heterocycles. The molecule has 31 heavy (non-hydrogen) atoms. The van der Waals surface area contributed by atoms with Crippen molar-refractivity contribution in [2.24, 2.45) is 16.0 Å². The van der Waals surface area contributed by atoms with E-state index < -0.39 is 25.1 Å². The Morgan fingerprint density at radius 2 is 2.13 bits per heavy atom. The number of nitrogens with zero attached hydrogens (tertiary/aromatic N) is 5. The molecule has 3 aliphatic rings. The SMILES string of the molecule is CC1=NNC2N=C(N(CC(F)F)c3ccnc(C#CC4CC4)c3)c3c(F)cccc3N12. The van der Waals surface area contributed by atoms with Crippen molar-refractivity contribution in [1.29, 1.82) is 0 Å². The molecule has 1 unspecified atom stereocenters. The normalized spacial score (nSPS) is 19.0. The minimum atomic E-state index is -2.67. The van der Waals surface area contributed by atoms with Crippen molar-refractivity contribution in [2.75, 3.05) is 16.3 Å². The lowest BCUT2D eigenvalue weighted by molar-refractivity contribution is 0.158. The Bertz CT molecular complexity index is 1150. The van der Waals surface area contributed by atoms with E-state index >= 15 is 0 Å². The molecule has 1 saturated carbocycles. The molecule has 5 rings (SSSR count). The molecule has 0 amide bonds.